The Kier molecular flexibility index (Phi) is 7.79. The molecule has 0 radical (unpaired) electrons. The minimum atomic E-state index is 0.317. The maximum absolute atomic E-state index is 2.59. The Hall–Kier alpha value is -0.0800. The first-order valence-corrected chi connectivity index (χ1v) is 12.4. The van der Waals surface area contributed by atoms with Gasteiger partial charge in [0.2, 0.25) is 0 Å². The van der Waals surface area contributed by atoms with Gasteiger partial charge in [-0.1, -0.05) is 41.5 Å². The Labute approximate surface area is 191 Å². The summed E-state index contributed by atoms with van der Waals surface area (Å²) >= 11 is 0. The van der Waals surface area contributed by atoms with Crippen LogP contribution in [0.15, 0.2) is 0 Å². The lowest BCUT2D eigenvalue weighted by Gasteiger charge is -2.45. The minimum absolute atomic E-state index is 0.317. The van der Waals surface area contributed by atoms with Gasteiger partial charge in [0, 0.05) is 22.2 Å². The molecule has 0 spiro atoms. The van der Waals surface area contributed by atoms with Crippen molar-refractivity contribution in [2.24, 2.45) is 22.7 Å². The van der Waals surface area contributed by atoms with Crippen LogP contribution in [0.3, 0.4) is 0 Å². The number of nitrogens with zero attached hydrogens (tertiary/aromatic N) is 2. The summed E-state index contributed by atoms with van der Waals surface area (Å²) in [4.78, 5) is 5.14. The summed E-state index contributed by atoms with van der Waals surface area (Å²) in [5, 5.41) is 0. The van der Waals surface area contributed by atoms with Crippen LogP contribution in [0.2, 0.25) is 0 Å². The van der Waals surface area contributed by atoms with Crippen LogP contribution in [0.5, 0.6) is 0 Å². The summed E-state index contributed by atoms with van der Waals surface area (Å²) in [5.74, 6) is 1.61. The molecule has 2 aliphatic heterocycles. The molecule has 0 aromatic heterocycles. The Morgan fingerprint density at radius 2 is 1.03 bits per heavy atom. The molecule has 180 valence electrons. The maximum atomic E-state index is 2.59. The van der Waals surface area contributed by atoms with Gasteiger partial charge in [-0.3, -0.25) is 9.80 Å². The highest BCUT2D eigenvalue weighted by Gasteiger charge is 2.52. The second kappa shape index (κ2) is 8.36. The molecule has 30 heavy (non-hydrogen) atoms. The molecular weight excluding hydrogens is 364 g/mol. The van der Waals surface area contributed by atoms with Crippen LogP contribution in [-0.4, -0.2) is 46.1 Å². The van der Waals surface area contributed by atoms with Crippen molar-refractivity contribution in [1.82, 2.24) is 9.80 Å². The van der Waals surface area contributed by atoms with Gasteiger partial charge in [-0.15, -0.1) is 0 Å². The van der Waals surface area contributed by atoms with Gasteiger partial charge in [0.25, 0.3) is 0 Å². The third-order valence-electron chi connectivity index (χ3n) is 9.27. The average molecular weight is 423 g/mol. The zero-order valence-corrected chi connectivity index (χ0v) is 23.9. The Bertz CT molecular complexity index is 568. The number of hydrogen-bond acceptors (Lipinski definition) is 2. The van der Waals surface area contributed by atoms with Crippen LogP contribution in [0.25, 0.3) is 0 Å². The predicted molar refractivity (Wildman–Crippen MR) is 136 cm³/mol. The van der Waals surface area contributed by atoms with E-state index in [9.17, 15) is 0 Å². The van der Waals surface area contributed by atoms with Gasteiger partial charge in [-0.2, -0.15) is 0 Å². The van der Waals surface area contributed by atoms with E-state index in [4.69, 9.17) is 0 Å². The standard InChI is InChI=1S/C15H31N.C13H27N/c1-13(2,3)12-9-10-14(4,5)16(8)15(6,7)11-12;1-11(2,3)10-9-12(4,5)14(8)13(10,6)7/h12H,9-11H2,1-8H3;10H,9H2,1-8H3. The molecule has 2 heteroatoms. The van der Waals surface area contributed by atoms with Gasteiger partial charge >= 0.3 is 0 Å². The van der Waals surface area contributed by atoms with Crippen LogP contribution < -0.4 is 0 Å². The van der Waals surface area contributed by atoms with Gasteiger partial charge in [0.05, 0.1) is 0 Å². The summed E-state index contributed by atoms with van der Waals surface area (Å²) < 4.78 is 0. The Balaban J connectivity index is 0.000000303. The molecule has 0 N–H and O–H groups in total. The average Bonchev–Trinajstić information content (AvgIpc) is 2.63. The van der Waals surface area contributed by atoms with E-state index in [2.05, 4.69) is 121 Å². The minimum Gasteiger partial charge on any atom is -0.296 e. The third-order valence-corrected chi connectivity index (χ3v) is 9.27. The molecule has 2 atom stereocenters. The van der Waals surface area contributed by atoms with E-state index in [-0.39, 0.29) is 0 Å². The van der Waals surface area contributed by atoms with E-state index in [1.54, 1.807) is 0 Å². The normalized spacial score (nSPS) is 31.6. The van der Waals surface area contributed by atoms with E-state index in [0.29, 0.717) is 33.0 Å². The fourth-order valence-corrected chi connectivity index (χ4v) is 6.36. The topological polar surface area (TPSA) is 6.48 Å². The highest BCUT2D eigenvalue weighted by Crippen LogP contribution is 2.51. The van der Waals surface area contributed by atoms with Gasteiger partial charge < -0.3 is 0 Å². The Morgan fingerprint density at radius 3 is 1.33 bits per heavy atom. The van der Waals surface area contributed by atoms with E-state index in [1.807, 2.05) is 0 Å². The maximum Gasteiger partial charge on any atom is 0.0189 e. The zero-order valence-electron chi connectivity index (χ0n) is 23.9. The fourth-order valence-electron chi connectivity index (χ4n) is 6.36. The fraction of sp³-hybridized carbons (Fsp3) is 1.00. The predicted octanol–water partition coefficient (Wildman–Crippen LogP) is 7.86. The second-order valence-corrected chi connectivity index (χ2v) is 15.1. The summed E-state index contributed by atoms with van der Waals surface area (Å²) in [6, 6.07) is 0. The third kappa shape index (κ3) is 6.03. The lowest BCUT2D eigenvalue weighted by atomic mass is 9.70. The molecule has 2 heterocycles. The van der Waals surface area contributed by atoms with Gasteiger partial charge in [-0.25, -0.2) is 0 Å². The monoisotopic (exact) mass is 422 g/mol. The molecular formula is C28H58N2. The zero-order chi connectivity index (χ0) is 24.1. The number of hydrogen-bond donors (Lipinski definition) is 0. The molecule has 0 aromatic carbocycles. The quantitative estimate of drug-likeness (QED) is 0.392. The van der Waals surface area contributed by atoms with Crippen LogP contribution in [0.4, 0.5) is 0 Å². The van der Waals surface area contributed by atoms with E-state index < -0.39 is 0 Å². The van der Waals surface area contributed by atoms with Crippen molar-refractivity contribution >= 4 is 0 Å². The first kappa shape index (κ1) is 28.0. The highest BCUT2D eigenvalue weighted by atomic mass is 15.3. The van der Waals surface area contributed by atoms with Crippen molar-refractivity contribution in [3.8, 4) is 0 Å². The number of rotatable bonds is 0. The molecule has 2 aliphatic rings. The van der Waals surface area contributed by atoms with Gasteiger partial charge in [-0.05, 0) is 118 Å². The second-order valence-electron chi connectivity index (χ2n) is 15.1. The summed E-state index contributed by atoms with van der Waals surface area (Å²) in [6.07, 6.45) is 5.30. The first-order chi connectivity index (χ1) is 13.0. The van der Waals surface area contributed by atoms with Crippen molar-refractivity contribution in [1.29, 1.82) is 0 Å². The van der Waals surface area contributed by atoms with Crippen molar-refractivity contribution in [2.45, 2.75) is 145 Å². The summed E-state index contributed by atoms with van der Waals surface area (Å²) in [7, 11) is 4.57. The molecule has 0 amide bonds. The van der Waals surface area contributed by atoms with E-state index in [1.165, 1.54) is 25.7 Å². The van der Waals surface area contributed by atoms with Crippen molar-refractivity contribution in [3.05, 3.63) is 0 Å². The number of likely N-dealkylation sites (tertiary alicyclic amines) is 2. The first-order valence-electron chi connectivity index (χ1n) is 12.4. The smallest absolute Gasteiger partial charge is 0.0189 e. The van der Waals surface area contributed by atoms with Crippen LogP contribution in [0.1, 0.15) is 123 Å². The van der Waals surface area contributed by atoms with E-state index in [0.717, 1.165) is 11.8 Å². The van der Waals surface area contributed by atoms with Crippen LogP contribution in [0, 0.1) is 22.7 Å². The van der Waals surface area contributed by atoms with Gasteiger partial charge in [0.1, 0.15) is 0 Å². The molecule has 2 rings (SSSR count). The van der Waals surface area contributed by atoms with Gasteiger partial charge in [0.15, 0.2) is 0 Å². The van der Waals surface area contributed by atoms with Crippen LogP contribution >= 0.6 is 0 Å². The highest BCUT2D eigenvalue weighted by molar-refractivity contribution is 5.07. The SMILES string of the molecule is CN1C(C)(C)CC(C(C)(C)C)C1(C)C.CN1C(C)(C)CCC(C(C)(C)C)CC1(C)C. The largest absolute Gasteiger partial charge is 0.296 e. The Morgan fingerprint density at radius 1 is 0.600 bits per heavy atom. The van der Waals surface area contributed by atoms with Crippen molar-refractivity contribution in [3.63, 3.8) is 0 Å². The summed E-state index contributed by atoms with van der Waals surface area (Å²) in [5.41, 5.74) is 2.18. The molecule has 2 unspecified atom stereocenters. The lowest BCUT2D eigenvalue weighted by molar-refractivity contribution is 0.0409. The molecule has 0 saturated carbocycles. The molecule has 2 fully saturated rings. The van der Waals surface area contributed by atoms with Crippen LogP contribution in [-0.2, 0) is 0 Å². The van der Waals surface area contributed by atoms with Crippen molar-refractivity contribution in [2.75, 3.05) is 14.1 Å². The molecule has 0 aromatic rings. The van der Waals surface area contributed by atoms with Crippen molar-refractivity contribution < 1.29 is 0 Å². The molecule has 0 bridgehead atoms. The lowest BCUT2D eigenvalue weighted by Crippen LogP contribution is -2.52. The molecule has 2 nitrogen and oxygen atoms in total. The molecule has 0 aliphatic carbocycles. The van der Waals surface area contributed by atoms with E-state index >= 15 is 0 Å². The molecule has 2 saturated heterocycles. The summed E-state index contributed by atoms with van der Waals surface area (Å²) in [6.45, 7) is 33.4.